The Morgan fingerprint density at radius 2 is 2.25 bits per heavy atom. The molecule has 0 amide bonds. The van der Waals surface area contributed by atoms with Crippen molar-refractivity contribution in [2.75, 3.05) is 0 Å². The summed E-state index contributed by atoms with van der Waals surface area (Å²) in [5, 5.41) is 0.704. The van der Waals surface area contributed by atoms with Gasteiger partial charge in [-0.1, -0.05) is 24.6 Å². The lowest BCUT2D eigenvalue weighted by atomic mass is 10.2. The molecule has 2 aromatic rings. The molecule has 16 heavy (non-hydrogen) atoms. The summed E-state index contributed by atoms with van der Waals surface area (Å²) in [5.74, 6) is 1.02. The minimum absolute atomic E-state index is 0.462. The first-order valence-corrected chi connectivity index (χ1v) is 5.65. The fraction of sp³-hybridized carbons (Fsp3) is 0.250. The van der Waals surface area contributed by atoms with Crippen molar-refractivity contribution in [3.8, 4) is 5.69 Å². The molecule has 0 aliphatic rings. The Hall–Kier alpha value is -1.32. The van der Waals surface area contributed by atoms with E-state index in [4.69, 9.17) is 17.3 Å². The van der Waals surface area contributed by atoms with Crippen LogP contribution >= 0.6 is 11.6 Å². The summed E-state index contributed by atoms with van der Waals surface area (Å²) in [7, 11) is 0. The van der Waals surface area contributed by atoms with Crippen LogP contribution in [0.4, 0.5) is 0 Å². The van der Waals surface area contributed by atoms with Gasteiger partial charge in [-0.15, -0.1) is 0 Å². The predicted octanol–water partition coefficient (Wildman–Crippen LogP) is 2.55. The molecule has 0 aliphatic heterocycles. The number of aryl methyl sites for hydroxylation is 1. The van der Waals surface area contributed by atoms with Gasteiger partial charge in [-0.2, -0.15) is 0 Å². The highest BCUT2D eigenvalue weighted by Crippen LogP contribution is 2.20. The largest absolute Gasteiger partial charge is 0.326 e. The van der Waals surface area contributed by atoms with E-state index in [-0.39, 0.29) is 0 Å². The van der Waals surface area contributed by atoms with Crippen molar-refractivity contribution in [1.29, 1.82) is 0 Å². The Bertz CT molecular complexity index is 491. The molecule has 1 aromatic heterocycles. The Morgan fingerprint density at radius 3 is 2.88 bits per heavy atom. The van der Waals surface area contributed by atoms with Crippen LogP contribution in [-0.2, 0) is 13.0 Å². The van der Waals surface area contributed by atoms with E-state index in [1.54, 1.807) is 6.20 Å². The third-order valence-electron chi connectivity index (χ3n) is 2.57. The van der Waals surface area contributed by atoms with E-state index in [0.29, 0.717) is 11.6 Å². The zero-order valence-corrected chi connectivity index (χ0v) is 9.91. The van der Waals surface area contributed by atoms with E-state index in [0.717, 1.165) is 23.5 Å². The number of benzene rings is 1. The van der Waals surface area contributed by atoms with Crippen LogP contribution in [0.3, 0.4) is 0 Å². The molecule has 0 spiro atoms. The monoisotopic (exact) mass is 235 g/mol. The molecule has 0 unspecified atom stereocenters. The highest BCUT2D eigenvalue weighted by molar-refractivity contribution is 6.31. The summed E-state index contributed by atoms with van der Waals surface area (Å²) in [5.41, 5.74) is 7.56. The zero-order valence-electron chi connectivity index (χ0n) is 9.15. The van der Waals surface area contributed by atoms with Gasteiger partial charge in [-0.05, 0) is 17.7 Å². The van der Waals surface area contributed by atoms with Gasteiger partial charge < -0.3 is 10.3 Å². The van der Waals surface area contributed by atoms with Crippen LogP contribution in [0.2, 0.25) is 5.02 Å². The third kappa shape index (κ3) is 1.96. The quantitative estimate of drug-likeness (QED) is 0.889. The fourth-order valence-corrected chi connectivity index (χ4v) is 1.93. The molecular weight excluding hydrogens is 222 g/mol. The maximum atomic E-state index is 6.13. The molecule has 2 N–H and O–H groups in total. The van der Waals surface area contributed by atoms with Crippen molar-refractivity contribution in [2.24, 2.45) is 5.73 Å². The molecule has 0 aliphatic carbocycles. The van der Waals surface area contributed by atoms with Crippen LogP contribution in [0.5, 0.6) is 0 Å². The number of hydrogen-bond donors (Lipinski definition) is 1. The summed E-state index contributed by atoms with van der Waals surface area (Å²) < 4.78 is 2.03. The number of nitrogens with two attached hydrogens (primary N) is 1. The van der Waals surface area contributed by atoms with Crippen LogP contribution in [0.25, 0.3) is 5.69 Å². The maximum absolute atomic E-state index is 6.13. The van der Waals surface area contributed by atoms with Gasteiger partial charge in [0.2, 0.25) is 0 Å². The minimum atomic E-state index is 0.462. The maximum Gasteiger partial charge on any atom is 0.112 e. The minimum Gasteiger partial charge on any atom is -0.326 e. The van der Waals surface area contributed by atoms with Crippen molar-refractivity contribution in [3.63, 3.8) is 0 Å². The van der Waals surface area contributed by atoms with Gasteiger partial charge in [0, 0.05) is 36.1 Å². The van der Waals surface area contributed by atoms with Gasteiger partial charge in [0.1, 0.15) is 5.82 Å². The number of rotatable bonds is 3. The van der Waals surface area contributed by atoms with Gasteiger partial charge in [0.15, 0.2) is 0 Å². The van der Waals surface area contributed by atoms with Crippen molar-refractivity contribution in [3.05, 3.63) is 47.0 Å². The number of aromatic nitrogens is 2. The molecule has 0 fully saturated rings. The summed E-state index contributed by atoms with van der Waals surface area (Å²) >= 11 is 6.13. The Morgan fingerprint density at radius 1 is 1.44 bits per heavy atom. The molecule has 1 aromatic carbocycles. The second-order valence-electron chi connectivity index (χ2n) is 3.55. The van der Waals surface area contributed by atoms with E-state index >= 15 is 0 Å². The first-order chi connectivity index (χ1) is 7.76. The SMILES string of the molecule is CCc1nccn1-c1ccc(CN)c(Cl)c1. The number of halogens is 1. The van der Waals surface area contributed by atoms with Gasteiger partial charge >= 0.3 is 0 Å². The molecule has 0 atom stereocenters. The first-order valence-electron chi connectivity index (χ1n) is 5.27. The predicted molar refractivity (Wildman–Crippen MR) is 65.8 cm³/mol. The lowest BCUT2D eigenvalue weighted by molar-refractivity contribution is 0.890. The fourth-order valence-electron chi connectivity index (χ4n) is 1.68. The van der Waals surface area contributed by atoms with Crippen molar-refractivity contribution in [2.45, 2.75) is 19.9 Å². The van der Waals surface area contributed by atoms with E-state index in [1.807, 2.05) is 29.0 Å². The van der Waals surface area contributed by atoms with Crippen LogP contribution in [0.1, 0.15) is 18.3 Å². The number of imidazole rings is 1. The molecule has 4 heteroatoms. The molecule has 0 radical (unpaired) electrons. The normalized spacial score (nSPS) is 10.7. The van der Waals surface area contributed by atoms with E-state index in [1.165, 1.54) is 0 Å². The second-order valence-corrected chi connectivity index (χ2v) is 3.95. The summed E-state index contributed by atoms with van der Waals surface area (Å²) in [4.78, 5) is 4.28. The second kappa shape index (κ2) is 4.68. The van der Waals surface area contributed by atoms with E-state index in [2.05, 4.69) is 11.9 Å². The van der Waals surface area contributed by atoms with Crippen LogP contribution in [0, 0.1) is 0 Å². The average Bonchev–Trinajstić information content (AvgIpc) is 2.77. The lowest BCUT2D eigenvalue weighted by Crippen LogP contribution is -2.01. The number of hydrogen-bond acceptors (Lipinski definition) is 2. The van der Waals surface area contributed by atoms with Crippen LogP contribution in [0.15, 0.2) is 30.6 Å². The van der Waals surface area contributed by atoms with E-state index in [9.17, 15) is 0 Å². The van der Waals surface area contributed by atoms with Crippen molar-refractivity contribution in [1.82, 2.24) is 9.55 Å². The molecule has 3 nitrogen and oxygen atoms in total. The lowest BCUT2D eigenvalue weighted by Gasteiger charge is -2.08. The van der Waals surface area contributed by atoms with Gasteiger partial charge in [0.05, 0.1) is 0 Å². The zero-order chi connectivity index (χ0) is 11.5. The molecule has 0 saturated carbocycles. The summed E-state index contributed by atoms with van der Waals surface area (Å²) in [6, 6.07) is 5.89. The Balaban J connectivity index is 2.45. The average molecular weight is 236 g/mol. The molecule has 0 bridgehead atoms. The van der Waals surface area contributed by atoms with Crippen molar-refractivity contribution < 1.29 is 0 Å². The van der Waals surface area contributed by atoms with Crippen LogP contribution in [-0.4, -0.2) is 9.55 Å². The topological polar surface area (TPSA) is 43.8 Å². The Kier molecular flexibility index (Phi) is 3.27. The highest BCUT2D eigenvalue weighted by Gasteiger charge is 2.05. The smallest absolute Gasteiger partial charge is 0.112 e. The number of nitrogens with zero attached hydrogens (tertiary/aromatic N) is 2. The molecule has 1 heterocycles. The molecule has 2 rings (SSSR count). The van der Waals surface area contributed by atoms with Gasteiger partial charge in [-0.25, -0.2) is 4.98 Å². The first kappa shape index (κ1) is 11.2. The Labute approximate surface area is 99.9 Å². The van der Waals surface area contributed by atoms with E-state index < -0.39 is 0 Å². The third-order valence-corrected chi connectivity index (χ3v) is 2.92. The highest BCUT2D eigenvalue weighted by atomic mass is 35.5. The van der Waals surface area contributed by atoms with Crippen LogP contribution < -0.4 is 5.73 Å². The van der Waals surface area contributed by atoms with Gasteiger partial charge in [0.25, 0.3) is 0 Å². The molecule has 0 saturated heterocycles. The molecular formula is C12H14ClN3. The standard InChI is InChI=1S/C12H14ClN3/c1-2-12-15-5-6-16(12)10-4-3-9(8-14)11(13)7-10/h3-7H,2,8,14H2,1H3. The summed E-state index contributed by atoms with van der Waals surface area (Å²) in [6.07, 6.45) is 4.62. The van der Waals surface area contributed by atoms with Crippen molar-refractivity contribution >= 4 is 11.6 Å². The molecule has 84 valence electrons. The summed E-state index contributed by atoms with van der Waals surface area (Å²) in [6.45, 7) is 2.54. The van der Waals surface area contributed by atoms with Gasteiger partial charge in [-0.3, -0.25) is 0 Å².